The van der Waals surface area contributed by atoms with E-state index in [4.69, 9.17) is 4.74 Å². The predicted molar refractivity (Wildman–Crippen MR) is 56.8 cm³/mol. The monoisotopic (exact) mass is 264 g/mol. The van der Waals surface area contributed by atoms with E-state index in [1.165, 1.54) is 0 Å². The lowest BCUT2D eigenvalue weighted by atomic mass is 10.1. The van der Waals surface area contributed by atoms with Crippen LogP contribution in [0.4, 0.5) is 17.6 Å². The number of halogens is 4. The minimum atomic E-state index is -4.75. The normalized spacial score (nSPS) is 11.6. The van der Waals surface area contributed by atoms with Crippen LogP contribution in [0.1, 0.15) is 29.3 Å². The molecule has 0 aromatic heterocycles. The van der Waals surface area contributed by atoms with Gasteiger partial charge in [-0.1, -0.05) is 6.07 Å². The zero-order valence-electron chi connectivity index (χ0n) is 9.68. The van der Waals surface area contributed by atoms with E-state index >= 15 is 0 Å². The molecule has 0 aliphatic carbocycles. The Labute approximate surface area is 102 Å². The van der Waals surface area contributed by atoms with E-state index in [9.17, 15) is 22.4 Å². The molecule has 6 heteroatoms. The summed E-state index contributed by atoms with van der Waals surface area (Å²) in [6.45, 7) is 2.36. The number of hydrogen-bond acceptors (Lipinski definition) is 2. The van der Waals surface area contributed by atoms with Crippen molar-refractivity contribution in [2.75, 3.05) is 13.2 Å². The Kier molecular flexibility index (Phi) is 4.84. The van der Waals surface area contributed by atoms with Crippen LogP contribution in [0.3, 0.4) is 0 Å². The van der Waals surface area contributed by atoms with E-state index in [0.29, 0.717) is 18.7 Å². The Bertz CT molecular complexity index is 427. The highest BCUT2D eigenvalue weighted by atomic mass is 19.4. The minimum absolute atomic E-state index is 0.0125. The summed E-state index contributed by atoms with van der Waals surface area (Å²) in [4.78, 5) is 11.5. The average Bonchev–Trinajstić information content (AvgIpc) is 2.27. The quantitative estimate of drug-likeness (QED) is 0.462. The maximum atomic E-state index is 13.2. The van der Waals surface area contributed by atoms with Crippen LogP contribution in [-0.2, 0) is 10.9 Å². The topological polar surface area (TPSA) is 26.3 Å². The summed E-state index contributed by atoms with van der Waals surface area (Å²) < 4.78 is 55.0. The Morgan fingerprint density at radius 3 is 2.50 bits per heavy atom. The molecule has 100 valence electrons. The highest BCUT2D eigenvalue weighted by molar-refractivity contribution is 5.96. The molecule has 2 nitrogen and oxygen atoms in total. The van der Waals surface area contributed by atoms with E-state index in [1.807, 2.05) is 0 Å². The zero-order chi connectivity index (χ0) is 13.8. The Hall–Kier alpha value is -1.43. The lowest BCUT2D eigenvalue weighted by Crippen LogP contribution is -2.10. The average molecular weight is 264 g/mol. The first-order chi connectivity index (χ1) is 8.36. The summed E-state index contributed by atoms with van der Waals surface area (Å²) >= 11 is 0. The third kappa shape index (κ3) is 3.80. The fourth-order valence-electron chi connectivity index (χ4n) is 1.37. The number of ether oxygens (including phenoxy) is 1. The van der Waals surface area contributed by atoms with Gasteiger partial charge >= 0.3 is 6.18 Å². The molecule has 0 unspecified atom stereocenters. The molecule has 1 aromatic carbocycles. The number of Topliss-reactive ketones (excluding diaryl/α,β-unsaturated/α-hetero) is 1. The van der Waals surface area contributed by atoms with Gasteiger partial charge in [0.05, 0.1) is 12.2 Å². The molecule has 1 rings (SSSR count). The third-order valence-corrected chi connectivity index (χ3v) is 2.27. The van der Waals surface area contributed by atoms with Crippen molar-refractivity contribution >= 4 is 5.78 Å². The largest absolute Gasteiger partial charge is 0.419 e. The van der Waals surface area contributed by atoms with Crippen molar-refractivity contribution in [1.29, 1.82) is 0 Å². The molecule has 0 N–H and O–H groups in total. The van der Waals surface area contributed by atoms with E-state index < -0.39 is 23.3 Å². The summed E-state index contributed by atoms with van der Waals surface area (Å²) in [6.07, 6.45) is -4.74. The molecule has 18 heavy (non-hydrogen) atoms. The van der Waals surface area contributed by atoms with Gasteiger partial charge in [-0.25, -0.2) is 4.39 Å². The smallest absolute Gasteiger partial charge is 0.381 e. The summed E-state index contributed by atoms with van der Waals surface area (Å²) in [5.74, 6) is -1.89. The van der Waals surface area contributed by atoms with Crippen LogP contribution < -0.4 is 0 Å². The summed E-state index contributed by atoms with van der Waals surface area (Å²) in [5.41, 5.74) is -1.45. The van der Waals surface area contributed by atoms with Crippen LogP contribution in [-0.4, -0.2) is 19.0 Å². The lowest BCUT2D eigenvalue weighted by molar-refractivity contribution is -0.140. The molecule has 0 fully saturated rings. The molecule has 1 aromatic rings. The Balaban J connectivity index is 2.81. The lowest BCUT2D eigenvalue weighted by Gasteiger charge is -2.09. The summed E-state index contributed by atoms with van der Waals surface area (Å²) in [5, 5.41) is 0. The number of alkyl halides is 3. The first-order valence-corrected chi connectivity index (χ1v) is 5.34. The first-order valence-electron chi connectivity index (χ1n) is 5.34. The summed E-state index contributed by atoms with van der Waals surface area (Å²) in [7, 11) is 0. The number of ketones is 1. The van der Waals surface area contributed by atoms with Crippen molar-refractivity contribution in [3.05, 3.63) is 35.1 Å². The standard InChI is InChI=1S/C12H12F4O2/c1-2-18-6-5-11(17)8-3-4-9(10(13)7-8)12(14,15)16/h3-4,7H,2,5-6H2,1H3. The Morgan fingerprint density at radius 1 is 1.33 bits per heavy atom. The number of carbonyl (C=O) groups is 1. The maximum Gasteiger partial charge on any atom is 0.419 e. The van der Waals surface area contributed by atoms with Gasteiger partial charge in [-0.15, -0.1) is 0 Å². The van der Waals surface area contributed by atoms with Crippen LogP contribution >= 0.6 is 0 Å². The molecular formula is C12H12F4O2. The van der Waals surface area contributed by atoms with Crippen molar-refractivity contribution in [1.82, 2.24) is 0 Å². The zero-order valence-corrected chi connectivity index (χ0v) is 9.68. The number of carbonyl (C=O) groups excluding carboxylic acids is 1. The summed E-state index contributed by atoms with van der Waals surface area (Å²) in [6, 6.07) is 2.15. The van der Waals surface area contributed by atoms with Crippen LogP contribution in [0.15, 0.2) is 18.2 Å². The second-order valence-electron chi connectivity index (χ2n) is 3.56. The van der Waals surface area contributed by atoms with E-state index in [2.05, 4.69) is 0 Å². The second-order valence-corrected chi connectivity index (χ2v) is 3.56. The third-order valence-electron chi connectivity index (χ3n) is 2.27. The van der Waals surface area contributed by atoms with Crippen LogP contribution in [0.2, 0.25) is 0 Å². The molecule has 0 saturated carbocycles. The maximum absolute atomic E-state index is 13.2. The SMILES string of the molecule is CCOCCC(=O)c1ccc(C(F)(F)F)c(F)c1. The van der Waals surface area contributed by atoms with E-state index in [1.54, 1.807) is 6.92 Å². The molecule has 0 spiro atoms. The molecular weight excluding hydrogens is 252 g/mol. The van der Waals surface area contributed by atoms with E-state index in [0.717, 1.165) is 6.07 Å². The molecule has 0 heterocycles. The van der Waals surface area contributed by atoms with Gasteiger partial charge < -0.3 is 4.74 Å². The van der Waals surface area contributed by atoms with Crippen LogP contribution in [0.5, 0.6) is 0 Å². The van der Waals surface area contributed by atoms with Gasteiger partial charge in [0, 0.05) is 18.6 Å². The number of benzene rings is 1. The minimum Gasteiger partial charge on any atom is -0.381 e. The van der Waals surface area contributed by atoms with E-state index in [-0.39, 0.29) is 18.6 Å². The van der Waals surface area contributed by atoms with Gasteiger partial charge in [-0.3, -0.25) is 4.79 Å². The van der Waals surface area contributed by atoms with Gasteiger partial charge in [0.25, 0.3) is 0 Å². The molecule has 0 saturated heterocycles. The van der Waals surface area contributed by atoms with Crippen molar-refractivity contribution in [2.24, 2.45) is 0 Å². The Morgan fingerprint density at radius 2 is 2.00 bits per heavy atom. The molecule has 0 bridgehead atoms. The second kappa shape index (κ2) is 5.95. The molecule has 0 radical (unpaired) electrons. The van der Waals surface area contributed by atoms with Gasteiger partial charge in [0.1, 0.15) is 5.82 Å². The molecule has 0 atom stereocenters. The van der Waals surface area contributed by atoms with Crippen LogP contribution in [0, 0.1) is 5.82 Å². The highest BCUT2D eigenvalue weighted by Gasteiger charge is 2.34. The van der Waals surface area contributed by atoms with Crippen molar-refractivity contribution in [3.8, 4) is 0 Å². The van der Waals surface area contributed by atoms with Crippen molar-refractivity contribution in [3.63, 3.8) is 0 Å². The molecule has 0 amide bonds. The van der Waals surface area contributed by atoms with Gasteiger partial charge in [-0.05, 0) is 19.1 Å². The fourth-order valence-corrected chi connectivity index (χ4v) is 1.37. The first kappa shape index (κ1) is 14.6. The van der Waals surface area contributed by atoms with Gasteiger partial charge in [0.15, 0.2) is 5.78 Å². The number of rotatable bonds is 5. The van der Waals surface area contributed by atoms with Crippen LogP contribution in [0.25, 0.3) is 0 Å². The number of hydrogen-bond donors (Lipinski definition) is 0. The van der Waals surface area contributed by atoms with Crippen molar-refractivity contribution in [2.45, 2.75) is 19.5 Å². The van der Waals surface area contributed by atoms with Gasteiger partial charge in [0.2, 0.25) is 0 Å². The molecule has 0 aliphatic heterocycles. The molecule has 0 aliphatic rings. The predicted octanol–water partition coefficient (Wildman–Crippen LogP) is 3.45. The fraction of sp³-hybridized carbons (Fsp3) is 0.417. The van der Waals surface area contributed by atoms with Crippen molar-refractivity contribution < 1.29 is 27.1 Å². The van der Waals surface area contributed by atoms with Gasteiger partial charge in [-0.2, -0.15) is 13.2 Å². The highest BCUT2D eigenvalue weighted by Crippen LogP contribution is 2.31.